The first kappa shape index (κ1) is 10.6. The highest BCUT2D eigenvalue weighted by atomic mass is 35.5. The van der Waals surface area contributed by atoms with Gasteiger partial charge in [-0.3, -0.25) is 0 Å². The lowest BCUT2D eigenvalue weighted by Crippen LogP contribution is -2.08. The second-order valence-electron chi connectivity index (χ2n) is 2.40. The summed E-state index contributed by atoms with van der Waals surface area (Å²) in [5.74, 6) is 0. The van der Waals surface area contributed by atoms with Gasteiger partial charge in [0.2, 0.25) is 0 Å². The molecule has 1 aromatic heterocycles. The van der Waals surface area contributed by atoms with Gasteiger partial charge >= 0.3 is 6.18 Å². The molecule has 0 saturated heterocycles. The largest absolute Gasteiger partial charge is 0.433 e. The number of alkyl halides is 3. The Morgan fingerprint density at radius 2 is 1.85 bits per heavy atom. The van der Waals surface area contributed by atoms with Gasteiger partial charge in [0.25, 0.3) is 0 Å². The van der Waals surface area contributed by atoms with E-state index in [2.05, 4.69) is 4.98 Å². The van der Waals surface area contributed by atoms with Crippen LogP contribution in [0.4, 0.5) is 13.2 Å². The van der Waals surface area contributed by atoms with Crippen molar-refractivity contribution in [3.05, 3.63) is 27.5 Å². The highest BCUT2D eigenvalue weighted by Gasteiger charge is 2.33. The van der Waals surface area contributed by atoms with Gasteiger partial charge in [0.05, 0.1) is 0 Å². The summed E-state index contributed by atoms with van der Waals surface area (Å²) >= 11 is 10.9. The van der Waals surface area contributed by atoms with Crippen molar-refractivity contribution in [2.75, 3.05) is 0 Å². The van der Waals surface area contributed by atoms with Crippen LogP contribution in [0.3, 0.4) is 0 Å². The van der Waals surface area contributed by atoms with Crippen molar-refractivity contribution in [2.45, 2.75) is 13.1 Å². The number of pyridine rings is 1. The topological polar surface area (TPSA) is 12.9 Å². The minimum atomic E-state index is -4.51. The standard InChI is InChI=1S/C7H4Cl2F3N/c1-3-4(8)2-5(7(10,11)12)13-6(3)9/h2H,1H3. The van der Waals surface area contributed by atoms with E-state index in [1.165, 1.54) is 6.92 Å². The zero-order chi connectivity index (χ0) is 10.2. The van der Waals surface area contributed by atoms with Gasteiger partial charge in [-0.1, -0.05) is 23.2 Å². The summed E-state index contributed by atoms with van der Waals surface area (Å²) in [6.07, 6.45) is -4.51. The van der Waals surface area contributed by atoms with Crippen molar-refractivity contribution in [1.82, 2.24) is 4.98 Å². The highest BCUT2D eigenvalue weighted by molar-refractivity contribution is 6.35. The average molecular weight is 230 g/mol. The Balaban J connectivity index is 3.29. The minimum absolute atomic E-state index is 0.0349. The highest BCUT2D eigenvalue weighted by Crippen LogP contribution is 2.32. The molecule has 0 N–H and O–H groups in total. The van der Waals surface area contributed by atoms with Gasteiger partial charge in [0.1, 0.15) is 10.8 Å². The summed E-state index contributed by atoms with van der Waals surface area (Å²) in [5, 5.41) is -0.257. The van der Waals surface area contributed by atoms with E-state index in [-0.39, 0.29) is 10.2 Å². The van der Waals surface area contributed by atoms with Crippen LogP contribution in [0.2, 0.25) is 10.2 Å². The lowest BCUT2D eigenvalue weighted by Gasteiger charge is -2.08. The zero-order valence-corrected chi connectivity index (χ0v) is 7.93. The van der Waals surface area contributed by atoms with E-state index in [0.29, 0.717) is 5.56 Å². The molecule has 0 atom stereocenters. The summed E-state index contributed by atoms with van der Waals surface area (Å²) in [6, 6.07) is 0.753. The van der Waals surface area contributed by atoms with Crippen molar-refractivity contribution in [3.63, 3.8) is 0 Å². The van der Waals surface area contributed by atoms with Gasteiger partial charge < -0.3 is 0 Å². The molecule has 0 bridgehead atoms. The maximum Gasteiger partial charge on any atom is 0.433 e. The van der Waals surface area contributed by atoms with E-state index in [9.17, 15) is 13.2 Å². The Bertz CT molecular complexity index is 312. The molecule has 0 aliphatic rings. The molecule has 0 aliphatic carbocycles. The van der Waals surface area contributed by atoms with Gasteiger partial charge in [-0.25, -0.2) is 4.98 Å². The predicted octanol–water partition coefficient (Wildman–Crippen LogP) is 3.72. The van der Waals surface area contributed by atoms with Gasteiger partial charge in [-0.05, 0) is 13.0 Å². The van der Waals surface area contributed by atoms with Crippen LogP contribution in [0, 0.1) is 6.92 Å². The van der Waals surface area contributed by atoms with Crippen LogP contribution < -0.4 is 0 Å². The molecule has 0 aromatic carbocycles. The first-order chi connectivity index (χ1) is 5.82. The van der Waals surface area contributed by atoms with Crippen molar-refractivity contribution < 1.29 is 13.2 Å². The fraction of sp³-hybridized carbons (Fsp3) is 0.286. The summed E-state index contributed by atoms with van der Waals surface area (Å²) in [7, 11) is 0. The van der Waals surface area contributed by atoms with E-state index in [1.807, 2.05) is 0 Å². The fourth-order valence-electron chi connectivity index (χ4n) is 0.694. The monoisotopic (exact) mass is 229 g/mol. The fourth-order valence-corrected chi connectivity index (χ4v) is 1.13. The van der Waals surface area contributed by atoms with E-state index >= 15 is 0 Å². The molecule has 0 amide bonds. The molecule has 0 radical (unpaired) electrons. The molecule has 72 valence electrons. The maximum atomic E-state index is 12.1. The number of aromatic nitrogens is 1. The molecule has 1 nitrogen and oxygen atoms in total. The van der Waals surface area contributed by atoms with Crippen LogP contribution in [0.5, 0.6) is 0 Å². The smallest absolute Gasteiger partial charge is 0.231 e. The van der Waals surface area contributed by atoms with Crippen molar-refractivity contribution in [3.8, 4) is 0 Å². The summed E-state index contributed by atoms with van der Waals surface area (Å²) in [4.78, 5) is 3.16. The van der Waals surface area contributed by atoms with Crippen molar-refractivity contribution in [2.24, 2.45) is 0 Å². The zero-order valence-electron chi connectivity index (χ0n) is 6.41. The van der Waals surface area contributed by atoms with E-state index in [1.54, 1.807) is 0 Å². The molecule has 1 heterocycles. The van der Waals surface area contributed by atoms with Gasteiger partial charge in [0, 0.05) is 10.6 Å². The van der Waals surface area contributed by atoms with Crippen LogP contribution >= 0.6 is 23.2 Å². The summed E-state index contributed by atoms with van der Waals surface area (Å²) in [6.45, 7) is 1.50. The second kappa shape index (κ2) is 3.35. The SMILES string of the molecule is Cc1c(Cl)cc(C(F)(F)F)nc1Cl. The molecule has 0 aliphatic heterocycles. The Kier molecular flexibility index (Phi) is 2.73. The van der Waals surface area contributed by atoms with Crippen molar-refractivity contribution in [1.29, 1.82) is 0 Å². The number of hydrogen-bond donors (Lipinski definition) is 0. The van der Waals surface area contributed by atoms with Gasteiger partial charge in [-0.15, -0.1) is 0 Å². The first-order valence-electron chi connectivity index (χ1n) is 3.22. The summed E-state index contributed by atoms with van der Waals surface area (Å²) < 4.78 is 36.3. The van der Waals surface area contributed by atoms with Crippen molar-refractivity contribution >= 4 is 23.2 Å². The van der Waals surface area contributed by atoms with Gasteiger partial charge in [-0.2, -0.15) is 13.2 Å². The minimum Gasteiger partial charge on any atom is -0.231 e. The first-order valence-corrected chi connectivity index (χ1v) is 3.98. The Labute approximate surface area is 82.5 Å². The third kappa shape index (κ3) is 2.25. The van der Waals surface area contributed by atoms with E-state index in [0.717, 1.165) is 6.07 Å². The quantitative estimate of drug-likeness (QED) is 0.619. The molecule has 6 heteroatoms. The van der Waals surface area contributed by atoms with Crippen LogP contribution in [-0.2, 0) is 6.18 Å². The van der Waals surface area contributed by atoms with Crippen LogP contribution in [0.15, 0.2) is 6.07 Å². The lowest BCUT2D eigenvalue weighted by molar-refractivity contribution is -0.141. The van der Waals surface area contributed by atoms with Gasteiger partial charge in [0.15, 0.2) is 0 Å². The molecule has 0 spiro atoms. The van der Waals surface area contributed by atoms with Crippen LogP contribution in [-0.4, -0.2) is 4.98 Å². The number of rotatable bonds is 0. The number of halogens is 5. The molecule has 1 rings (SSSR count). The summed E-state index contributed by atoms with van der Waals surface area (Å²) in [5.41, 5.74) is -0.732. The average Bonchev–Trinajstić information content (AvgIpc) is 1.97. The Morgan fingerprint density at radius 3 is 2.23 bits per heavy atom. The number of hydrogen-bond acceptors (Lipinski definition) is 1. The molecule has 0 saturated carbocycles. The third-order valence-electron chi connectivity index (χ3n) is 1.44. The normalized spacial score (nSPS) is 11.8. The van der Waals surface area contributed by atoms with E-state index in [4.69, 9.17) is 23.2 Å². The molecule has 13 heavy (non-hydrogen) atoms. The molecule has 0 unspecified atom stereocenters. The van der Waals surface area contributed by atoms with E-state index < -0.39 is 11.9 Å². The second-order valence-corrected chi connectivity index (χ2v) is 3.17. The number of nitrogens with zero attached hydrogens (tertiary/aromatic N) is 1. The van der Waals surface area contributed by atoms with Crippen LogP contribution in [0.25, 0.3) is 0 Å². The Morgan fingerprint density at radius 1 is 1.31 bits per heavy atom. The maximum absolute atomic E-state index is 12.1. The van der Waals surface area contributed by atoms with Crippen LogP contribution in [0.1, 0.15) is 11.3 Å². The molecular weight excluding hydrogens is 226 g/mol. The third-order valence-corrected chi connectivity index (χ3v) is 2.20. The molecule has 1 aromatic rings. The molecule has 0 fully saturated rings. The lowest BCUT2D eigenvalue weighted by atomic mass is 10.2. The Hall–Kier alpha value is -0.480. The predicted molar refractivity (Wildman–Crippen MR) is 44.0 cm³/mol. The molecular formula is C7H4Cl2F3N.